The maximum atomic E-state index is 12.3. The summed E-state index contributed by atoms with van der Waals surface area (Å²) in [6.45, 7) is 2.20. The minimum Gasteiger partial charge on any atom is -0.487 e. The molecule has 24 heavy (non-hydrogen) atoms. The van der Waals surface area contributed by atoms with Crippen LogP contribution in [-0.2, 0) is 6.61 Å². The van der Waals surface area contributed by atoms with Gasteiger partial charge in [-0.25, -0.2) is 0 Å². The fourth-order valence-electron chi connectivity index (χ4n) is 2.06. The van der Waals surface area contributed by atoms with Crippen molar-refractivity contribution in [3.05, 3.63) is 70.2 Å². The second-order valence-electron chi connectivity index (χ2n) is 5.10. The van der Waals surface area contributed by atoms with Gasteiger partial charge < -0.3 is 10.1 Å². The summed E-state index contributed by atoms with van der Waals surface area (Å²) in [7, 11) is 0. The largest absolute Gasteiger partial charge is 0.487 e. The predicted octanol–water partition coefficient (Wildman–Crippen LogP) is 3.71. The number of aryl methyl sites for hydroxylation is 1. The average molecular weight is 387 g/mol. The van der Waals surface area contributed by atoms with Crippen LogP contribution in [-0.4, -0.2) is 21.1 Å². The normalized spacial score (nSPS) is 10.4. The van der Waals surface area contributed by atoms with E-state index in [0.29, 0.717) is 28.2 Å². The second kappa shape index (κ2) is 7.27. The smallest absolute Gasteiger partial charge is 0.277 e. The van der Waals surface area contributed by atoms with Crippen LogP contribution in [0.2, 0.25) is 0 Å². The maximum Gasteiger partial charge on any atom is 0.277 e. The van der Waals surface area contributed by atoms with E-state index in [1.54, 1.807) is 18.3 Å². The van der Waals surface area contributed by atoms with Crippen LogP contribution >= 0.6 is 15.9 Å². The Morgan fingerprint density at radius 2 is 2.17 bits per heavy atom. The number of ether oxygens (including phenoxy) is 1. The van der Waals surface area contributed by atoms with Crippen LogP contribution in [0, 0.1) is 6.92 Å². The van der Waals surface area contributed by atoms with E-state index in [9.17, 15) is 4.79 Å². The third-order valence-corrected chi connectivity index (χ3v) is 4.26. The van der Waals surface area contributed by atoms with Gasteiger partial charge in [0.2, 0.25) is 0 Å². The van der Waals surface area contributed by atoms with Crippen molar-refractivity contribution >= 4 is 27.5 Å². The van der Waals surface area contributed by atoms with Crippen molar-refractivity contribution in [2.75, 3.05) is 5.32 Å². The summed E-state index contributed by atoms with van der Waals surface area (Å²) in [4.78, 5) is 16.5. The highest BCUT2D eigenvalue weighted by atomic mass is 79.9. The van der Waals surface area contributed by atoms with E-state index < -0.39 is 0 Å². The lowest BCUT2D eigenvalue weighted by Crippen LogP contribution is -2.13. The van der Waals surface area contributed by atoms with Crippen LogP contribution in [0.15, 0.2) is 53.1 Å². The molecular weight excluding hydrogens is 372 g/mol. The van der Waals surface area contributed by atoms with Gasteiger partial charge in [0.25, 0.3) is 5.91 Å². The Balaban J connectivity index is 1.67. The van der Waals surface area contributed by atoms with Gasteiger partial charge in [-0.1, -0.05) is 12.1 Å². The molecule has 0 atom stereocenters. The molecule has 1 amide bonds. The molecule has 0 fully saturated rings. The van der Waals surface area contributed by atoms with E-state index in [-0.39, 0.29) is 5.91 Å². The number of halogens is 1. The number of anilines is 1. The number of hydrogen-bond acceptors (Lipinski definition) is 4. The summed E-state index contributed by atoms with van der Waals surface area (Å²) in [6, 6.07) is 12.8. The van der Waals surface area contributed by atoms with Crippen LogP contribution in [0.1, 0.15) is 21.9 Å². The van der Waals surface area contributed by atoms with E-state index in [1.165, 1.54) is 0 Å². The first-order valence-corrected chi connectivity index (χ1v) is 8.07. The van der Waals surface area contributed by atoms with E-state index in [0.717, 1.165) is 11.4 Å². The fourth-order valence-corrected chi connectivity index (χ4v) is 2.42. The second-order valence-corrected chi connectivity index (χ2v) is 5.90. The quantitative estimate of drug-likeness (QED) is 0.700. The van der Waals surface area contributed by atoms with Gasteiger partial charge in [-0.05, 0) is 47.1 Å². The zero-order chi connectivity index (χ0) is 16.9. The predicted molar refractivity (Wildman–Crippen MR) is 94.0 cm³/mol. The van der Waals surface area contributed by atoms with E-state index in [2.05, 4.69) is 36.4 Å². The molecule has 2 heterocycles. The van der Waals surface area contributed by atoms with Crippen molar-refractivity contribution in [1.29, 1.82) is 0 Å². The molecule has 0 saturated heterocycles. The molecule has 0 unspecified atom stereocenters. The van der Waals surface area contributed by atoms with Crippen molar-refractivity contribution in [3.8, 4) is 5.75 Å². The lowest BCUT2D eigenvalue weighted by Gasteiger charge is -2.08. The Morgan fingerprint density at radius 1 is 1.29 bits per heavy atom. The van der Waals surface area contributed by atoms with Gasteiger partial charge in [-0.3, -0.25) is 14.9 Å². The lowest BCUT2D eigenvalue weighted by molar-refractivity contribution is 0.102. The van der Waals surface area contributed by atoms with Crippen LogP contribution < -0.4 is 10.1 Å². The minimum atomic E-state index is -0.298. The number of hydrogen-bond donors (Lipinski definition) is 2. The van der Waals surface area contributed by atoms with Gasteiger partial charge in [-0.15, -0.1) is 0 Å². The highest BCUT2D eigenvalue weighted by Crippen LogP contribution is 2.22. The van der Waals surface area contributed by atoms with Gasteiger partial charge in [0.05, 0.1) is 10.2 Å². The third kappa shape index (κ3) is 3.80. The number of aromatic amines is 1. The molecule has 0 radical (unpaired) electrons. The van der Waals surface area contributed by atoms with Crippen LogP contribution in [0.5, 0.6) is 5.75 Å². The van der Waals surface area contributed by atoms with Gasteiger partial charge in [0.1, 0.15) is 12.4 Å². The van der Waals surface area contributed by atoms with Crippen LogP contribution in [0.25, 0.3) is 0 Å². The first-order chi connectivity index (χ1) is 11.6. The number of benzene rings is 1. The summed E-state index contributed by atoms with van der Waals surface area (Å²) in [5.41, 5.74) is 2.58. The first kappa shape index (κ1) is 16.2. The molecule has 3 aromatic rings. The summed E-state index contributed by atoms with van der Waals surface area (Å²) in [6.07, 6.45) is 1.72. The molecule has 0 aliphatic carbocycles. The summed E-state index contributed by atoms with van der Waals surface area (Å²) < 4.78 is 6.36. The maximum absolute atomic E-state index is 12.3. The number of amides is 1. The Hall–Kier alpha value is -2.67. The topological polar surface area (TPSA) is 79.9 Å². The van der Waals surface area contributed by atoms with Crippen LogP contribution in [0.3, 0.4) is 0 Å². The summed E-state index contributed by atoms with van der Waals surface area (Å²) in [5.74, 6) is 0.351. The molecule has 0 saturated carbocycles. The number of nitrogens with zero attached hydrogens (tertiary/aromatic N) is 2. The Bertz CT molecular complexity index is 849. The lowest BCUT2D eigenvalue weighted by atomic mass is 10.3. The van der Waals surface area contributed by atoms with Gasteiger partial charge in [0.15, 0.2) is 5.69 Å². The SMILES string of the molecule is Cc1[nH]nc(C(=O)Nc2cccc(OCc3ccccn3)c2)c1Br. The number of aromatic nitrogens is 3. The molecule has 0 bridgehead atoms. The van der Waals surface area contributed by atoms with E-state index in [4.69, 9.17) is 4.74 Å². The number of carbonyl (C=O) groups is 1. The van der Waals surface area contributed by atoms with Crippen molar-refractivity contribution in [2.24, 2.45) is 0 Å². The van der Waals surface area contributed by atoms with Crippen molar-refractivity contribution in [3.63, 3.8) is 0 Å². The number of H-pyrrole nitrogens is 1. The first-order valence-electron chi connectivity index (χ1n) is 7.28. The molecule has 2 N–H and O–H groups in total. The molecule has 6 nitrogen and oxygen atoms in total. The zero-order valence-electron chi connectivity index (χ0n) is 12.9. The van der Waals surface area contributed by atoms with Gasteiger partial charge in [-0.2, -0.15) is 5.10 Å². The summed E-state index contributed by atoms with van der Waals surface area (Å²) in [5, 5.41) is 9.55. The molecule has 3 rings (SSSR count). The highest BCUT2D eigenvalue weighted by molar-refractivity contribution is 9.10. The van der Waals surface area contributed by atoms with Crippen molar-refractivity contribution < 1.29 is 9.53 Å². The number of pyridine rings is 1. The fraction of sp³-hybridized carbons (Fsp3) is 0.118. The molecular formula is C17H15BrN4O2. The Labute approximate surface area is 147 Å². The Kier molecular flexibility index (Phi) is 4.90. The van der Waals surface area contributed by atoms with Gasteiger partial charge >= 0.3 is 0 Å². The summed E-state index contributed by atoms with van der Waals surface area (Å²) >= 11 is 3.34. The molecule has 7 heteroatoms. The minimum absolute atomic E-state index is 0.298. The highest BCUT2D eigenvalue weighted by Gasteiger charge is 2.15. The molecule has 122 valence electrons. The van der Waals surface area contributed by atoms with E-state index in [1.807, 2.05) is 37.3 Å². The standard InChI is InChI=1S/C17H15BrN4O2/c1-11-15(18)16(22-21-11)17(23)20-12-6-4-7-14(9-12)24-10-13-5-2-3-8-19-13/h2-9H,10H2,1H3,(H,20,23)(H,21,22). The molecule has 2 aromatic heterocycles. The average Bonchev–Trinajstić information content (AvgIpc) is 2.94. The number of rotatable bonds is 5. The molecule has 0 aliphatic heterocycles. The van der Waals surface area contributed by atoms with Crippen molar-refractivity contribution in [2.45, 2.75) is 13.5 Å². The Morgan fingerprint density at radius 3 is 2.88 bits per heavy atom. The monoisotopic (exact) mass is 386 g/mol. The van der Waals surface area contributed by atoms with Crippen LogP contribution in [0.4, 0.5) is 5.69 Å². The van der Waals surface area contributed by atoms with Gasteiger partial charge in [0, 0.05) is 23.6 Å². The molecule has 0 aliphatic rings. The number of nitrogens with one attached hydrogen (secondary N) is 2. The van der Waals surface area contributed by atoms with E-state index >= 15 is 0 Å². The number of carbonyl (C=O) groups excluding carboxylic acids is 1. The molecule has 0 spiro atoms. The zero-order valence-corrected chi connectivity index (χ0v) is 14.5. The van der Waals surface area contributed by atoms with Crippen molar-refractivity contribution in [1.82, 2.24) is 15.2 Å². The molecule has 1 aromatic carbocycles. The third-order valence-electron chi connectivity index (χ3n) is 3.29.